The molecule has 0 unspecified atom stereocenters. The van der Waals surface area contributed by atoms with Gasteiger partial charge < -0.3 is 15.0 Å². The Morgan fingerprint density at radius 3 is 2.63 bits per heavy atom. The number of benzene rings is 1. The zero-order valence-electron chi connectivity index (χ0n) is 14.0. The van der Waals surface area contributed by atoms with E-state index in [1.165, 1.54) is 25.1 Å². The Labute approximate surface area is 152 Å². The van der Waals surface area contributed by atoms with E-state index in [9.17, 15) is 19.1 Å². The number of amides is 1. The number of carboxylic acids is 1. The Balaban J connectivity index is 1.84. The van der Waals surface area contributed by atoms with Gasteiger partial charge in [-0.05, 0) is 42.8 Å². The minimum absolute atomic E-state index is 0.0404. The van der Waals surface area contributed by atoms with E-state index in [1.807, 2.05) is 6.07 Å². The second-order valence-corrected chi connectivity index (χ2v) is 5.60. The molecule has 1 amide bonds. The van der Waals surface area contributed by atoms with Crippen LogP contribution in [0, 0.1) is 24.1 Å². The van der Waals surface area contributed by atoms with Gasteiger partial charge in [0.2, 0.25) is 0 Å². The van der Waals surface area contributed by atoms with Crippen LogP contribution >= 0.6 is 0 Å². The van der Waals surface area contributed by atoms with Crippen LogP contribution in [-0.4, -0.2) is 31.7 Å². The topological polar surface area (TPSA) is 121 Å². The minimum atomic E-state index is -1.37. The molecule has 0 saturated heterocycles. The zero-order chi connectivity index (χ0) is 19.6. The molecule has 134 valence electrons. The number of carbonyl (C=O) groups excluding carboxylic acids is 1. The van der Waals surface area contributed by atoms with Crippen molar-refractivity contribution >= 4 is 17.6 Å². The molecule has 9 heteroatoms. The van der Waals surface area contributed by atoms with Crippen molar-refractivity contribution in [3.8, 4) is 11.9 Å². The number of carbonyl (C=O) groups is 2. The lowest BCUT2D eigenvalue weighted by Gasteiger charge is -2.10. The van der Waals surface area contributed by atoms with E-state index in [4.69, 9.17) is 5.26 Å². The number of aromatic carboxylic acids is 1. The van der Waals surface area contributed by atoms with Gasteiger partial charge in [-0.3, -0.25) is 4.79 Å². The van der Waals surface area contributed by atoms with Crippen molar-refractivity contribution in [2.24, 2.45) is 0 Å². The molecule has 0 spiro atoms. The fourth-order valence-corrected chi connectivity index (χ4v) is 2.34. The monoisotopic (exact) mass is 365 g/mol. The molecule has 3 rings (SSSR count). The number of aromatic nitrogens is 3. The first kappa shape index (κ1) is 17.8. The van der Waals surface area contributed by atoms with Gasteiger partial charge in [-0.25, -0.2) is 9.18 Å². The highest BCUT2D eigenvalue weighted by atomic mass is 19.1. The molecule has 8 nitrogen and oxygen atoms in total. The van der Waals surface area contributed by atoms with E-state index >= 15 is 0 Å². The number of aryl methyl sites for hydroxylation is 1. The summed E-state index contributed by atoms with van der Waals surface area (Å²) >= 11 is 0. The van der Waals surface area contributed by atoms with Gasteiger partial charge in [-0.1, -0.05) is 0 Å². The van der Waals surface area contributed by atoms with E-state index in [-0.39, 0.29) is 22.5 Å². The van der Waals surface area contributed by atoms with Crippen LogP contribution in [0.3, 0.4) is 0 Å². The van der Waals surface area contributed by atoms with Crippen LogP contribution in [0.1, 0.15) is 32.0 Å². The lowest BCUT2D eigenvalue weighted by atomic mass is 10.1. The highest BCUT2D eigenvalue weighted by Gasteiger charge is 2.17. The fourth-order valence-electron chi connectivity index (χ4n) is 2.34. The molecule has 2 N–H and O–H groups in total. The van der Waals surface area contributed by atoms with Gasteiger partial charge >= 0.3 is 5.97 Å². The summed E-state index contributed by atoms with van der Waals surface area (Å²) in [6.45, 7) is 1.46. The summed E-state index contributed by atoms with van der Waals surface area (Å²) in [7, 11) is 0. The van der Waals surface area contributed by atoms with Gasteiger partial charge in [0.1, 0.15) is 11.9 Å². The molecule has 0 bridgehead atoms. The number of hydrogen-bond donors (Lipinski definition) is 2. The largest absolute Gasteiger partial charge is 0.478 e. The van der Waals surface area contributed by atoms with Crippen molar-refractivity contribution in [1.29, 1.82) is 5.26 Å². The van der Waals surface area contributed by atoms with Gasteiger partial charge in [-0.2, -0.15) is 5.26 Å². The first-order valence-corrected chi connectivity index (χ1v) is 7.66. The number of halogens is 1. The minimum Gasteiger partial charge on any atom is -0.478 e. The second-order valence-electron chi connectivity index (χ2n) is 5.60. The van der Waals surface area contributed by atoms with Crippen LogP contribution < -0.4 is 5.32 Å². The molecule has 3 aromatic rings. The number of nitriles is 1. The summed E-state index contributed by atoms with van der Waals surface area (Å²) in [6, 6.07) is 8.61. The highest BCUT2D eigenvalue weighted by molar-refractivity contribution is 6.06. The molecule has 0 fully saturated rings. The number of rotatable bonds is 4. The zero-order valence-corrected chi connectivity index (χ0v) is 14.0. The van der Waals surface area contributed by atoms with E-state index in [1.54, 1.807) is 23.0 Å². The third-order valence-corrected chi connectivity index (χ3v) is 3.75. The van der Waals surface area contributed by atoms with Crippen LogP contribution in [0.25, 0.3) is 5.82 Å². The first-order valence-electron chi connectivity index (χ1n) is 7.66. The quantitative estimate of drug-likeness (QED) is 0.733. The predicted molar refractivity (Wildman–Crippen MR) is 92.1 cm³/mol. The van der Waals surface area contributed by atoms with Gasteiger partial charge in [0, 0.05) is 12.4 Å². The average Bonchev–Trinajstić information content (AvgIpc) is 3.13. The summed E-state index contributed by atoms with van der Waals surface area (Å²) in [6.07, 6.45) is 3.19. The molecule has 0 saturated carbocycles. The molecule has 0 aliphatic heterocycles. The van der Waals surface area contributed by atoms with Gasteiger partial charge in [0.05, 0.1) is 16.8 Å². The number of nitrogens with one attached hydrogen (secondary N) is 1. The Hall–Kier alpha value is -4.06. The second kappa shape index (κ2) is 7.05. The Bertz CT molecular complexity index is 1080. The van der Waals surface area contributed by atoms with Crippen molar-refractivity contribution in [3.05, 3.63) is 70.9 Å². The van der Waals surface area contributed by atoms with Crippen LogP contribution in [0.2, 0.25) is 0 Å². The molecule has 2 heterocycles. The number of nitrogens with zero attached hydrogens (tertiary/aromatic N) is 4. The smallest absolute Gasteiger partial charge is 0.337 e. The molecule has 27 heavy (non-hydrogen) atoms. The maximum Gasteiger partial charge on any atom is 0.337 e. The van der Waals surface area contributed by atoms with Crippen molar-refractivity contribution in [2.75, 3.05) is 5.32 Å². The van der Waals surface area contributed by atoms with E-state index in [0.29, 0.717) is 11.4 Å². The summed E-state index contributed by atoms with van der Waals surface area (Å²) in [5.41, 5.74) is 0.183. The van der Waals surface area contributed by atoms with Crippen LogP contribution in [0.15, 0.2) is 42.7 Å². The Morgan fingerprint density at radius 1 is 1.26 bits per heavy atom. The van der Waals surface area contributed by atoms with E-state index in [2.05, 4.69) is 15.5 Å². The predicted octanol–water partition coefficient (Wildman–Crippen LogP) is 2.54. The van der Waals surface area contributed by atoms with Gasteiger partial charge in [0.25, 0.3) is 5.91 Å². The summed E-state index contributed by atoms with van der Waals surface area (Å²) < 4.78 is 15.2. The molecule has 0 atom stereocenters. The van der Waals surface area contributed by atoms with Gasteiger partial charge in [-0.15, -0.1) is 10.2 Å². The van der Waals surface area contributed by atoms with Crippen LogP contribution in [0.4, 0.5) is 10.1 Å². The lowest BCUT2D eigenvalue weighted by molar-refractivity contribution is 0.0697. The molecule has 0 aliphatic rings. The SMILES string of the molecule is Cc1cc(NC(=O)c2ccc(-n3ccc(C#N)c3)nn2)c(C(=O)O)cc1F. The first-order chi connectivity index (χ1) is 12.9. The lowest BCUT2D eigenvalue weighted by Crippen LogP contribution is -2.17. The normalized spacial score (nSPS) is 10.3. The average molecular weight is 365 g/mol. The van der Waals surface area contributed by atoms with Gasteiger partial charge in [0.15, 0.2) is 11.5 Å². The molecular weight excluding hydrogens is 353 g/mol. The number of hydrogen-bond acceptors (Lipinski definition) is 5. The van der Waals surface area contributed by atoms with E-state index < -0.39 is 17.7 Å². The number of carboxylic acid groups (broad SMARTS) is 1. The van der Waals surface area contributed by atoms with Crippen molar-refractivity contribution in [2.45, 2.75) is 6.92 Å². The fraction of sp³-hybridized carbons (Fsp3) is 0.0556. The molecule has 0 radical (unpaired) electrons. The van der Waals surface area contributed by atoms with Crippen LogP contribution in [0.5, 0.6) is 0 Å². The summed E-state index contributed by atoms with van der Waals surface area (Å²) in [5.74, 6) is -2.34. The summed E-state index contributed by atoms with van der Waals surface area (Å²) in [5, 5.41) is 28.2. The Kier molecular flexibility index (Phi) is 4.64. The molecule has 2 aromatic heterocycles. The highest BCUT2D eigenvalue weighted by Crippen LogP contribution is 2.21. The van der Waals surface area contributed by atoms with Crippen LogP contribution in [-0.2, 0) is 0 Å². The molecule has 0 aliphatic carbocycles. The van der Waals surface area contributed by atoms with Crippen molar-refractivity contribution in [3.63, 3.8) is 0 Å². The maximum absolute atomic E-state index is 13.6. The third-order valence-electron chi connectivity index (χ3n) is 3.75. The molecular formula is C18H12FN5O3. The third kappa shape index (κ3) is 3.64. The number of anilines is 1. The van der Waals surface area contributed by atoms with E-state index in [0.717, 1.165) is 6.07 Å². The molecule has 1 aromatic carbocycles. The standard InChI is InChI=1S/C18H12FN5O3/c1-10-6-15(12(18(26)27)7-13(10)19)21-17(25)14-2-3-16(23-22-14)24-5-4-11(8-20)9-24/h2-7,9H,1H3,(H,21,25)(H,26,27). The van der Waals surface area contributed by atoms with Crippen molar-refractivity contribution < 1.29 is 19.1 Å². The maximum atomic E-state index is 13.6. The Morgan fingerprint density at radius 2 is 2.04 bits per heavy atom. The summed E-state index contributed by atoms with van der Waals surface area (Å²) in [4.78, 5) is 23.6. The van der Waals surface area contributed by atoms with Crippen molar-refractivity contribution in [1.82, 2.24) is 14.8 Å².